The molecule has 0 radical (unpaired) electrons. The Bertz CT molecular complexity index is 1270. The number of hydrogen-bond donors (Lipinski definition) is 0. The lowest BCUT2D eigenvalue weighted by atomic mass is 10.0. The SMILES string of the molecule is CC/C=C\C/C=C\C/C=C\C/C=C\CCCCCCCCCCCCCCCCCCC(=O)OCC(COC(=O)CCCCCCCCC)OC(=O)CCCCCCCCCCCCCCCCCCCCC. The minimum absolute atomic E-state index is 0.0672. The molecule has 6 heteroatoms. The zero-order valence-electron chi connectivity index (χ0n) is 48.9. The quantitative estimate of drug-likeness (QED) is 0.0261. The van der Waals surface area contributed by atoms with Crippen molar-refractivity contribution < 1.29 is 28.6 Å². The first kappa shape index (κ1) is 70.4. The summed E-state index contributed by atoms with van der Waals surface area (Å²) in [6.07, 6.45) is 77.2. The first-order valence-electron chi connectivity index (χ1n) is 32.1. The largest absolute Gasteiger partial charge is 0.462 e. The molecule has 0 aliphatic rings. The predicted molar refractivity (Wildman–Crippen MR) is 316 cm³/mol. The number of unbranched alkanes of at least 4 members (excludes halogenated alkanes) is 40. The Morgan fingerprint density at radius 2 is 0.534 bits per heavy atom. The van der Waals surface area contributed by atoms with Gasteiger partial charge in [0, 0.05) is 19.3 Å². The van der Waals surface area contributed by atoms with Crippen molar-refractivity contribution in [3.05, 3.63) is 48.6 Å². The van der Waals surface area contributed by atoms with E-state index < -0.39 is 6.10 Å². The highest BCUT2D eigenvalue weighted by Gasteiger charge is 2.19. The standard InChI is InChI=1S/C67H122O6/c1-4-7-10-13-16-18-20-22-24-26-28-29-30-31-32-33-34-35-36-37-39-40-42-44-46-48-51-54-57-60-66(69)72-63-64(62-71-65(68)59-56-53-50-15-12-9-6-3)73-67(70)61-58-55-52-49-47-45-43-41-38-27-25-23-21-19-17-14-11-8-5-2/h7,10,16,18,22,24,28-29,64H,4-6,8-9,11-15,17,19-21,23,25-27,30-63H2,1-3H3/b10-7-,18-16-,24-22-,29-28-. The molecule has 0 saturated heterocycles. The average molecular weight is 1020 g/mol. The van der Waals surface area contributed by atoms with Crippen molar-refractivity contribution in [2.75, 3.05) is 13.2 Å². The van der Waals surface area contributed by atoms with Gasteiger partial charge in [0.05, 0.1) is 0 Å². The van der Waals surface area contributed by atoms with Gasteiger partial charge in [0.15, 0.2) is 6.10 Å². The summed E-state index contributed by atoms with van der Waals surface area (Å²) in [5.74, 6) is -0.852. The third kappa shape index (κ3) is 60.1. The van der Waals surface area contributed by atoms with Crippen molar-refractivity contribution in [2.24, 2.45) is 0 Å². The van der Waals surface area contributed by atoms with E-state index in [0.717, 1.165) is 83.5 Å². The molecule has 0 bridgehead atoms. The Morgan fingerprint density at radius 1 is 0.288 bits per heavy atom. The highest BCUT2D eigenvalue weighted by Crippen LogP contribution is 2.18. The number of allylic oxidation sites excluding steroid dienone is 8. The zero-order chi connectivity index (χ0) is 52.9. The first-order chi connectivity index (χ1) is 36.0. The molecule has 0 aromatic rings. The summed E-state index contributed by atoms with van der Waals surface area (Å²) in [5.41, 5.74) is 0. The van der Waals surface area contributed by atoms with Crippen molar-refractivity contribution in [2.45, 2.75) is 348 Å². The number of ether oxygens (including phenoxy) is 3. The average Bonchev–Trinajstić information content (AvgIpc) is 3.39. The summed E-state index contributed by atoms with van der Waals surface area (Å²) in [6, 6.07) is 0. The van der Waals surface area contributed by atoms with Crippen molar-refractivity contribution in [1.82, 2.24) is 0 Å². The minimum Gasteiger partial charge on any atom is -0.462 e. The molecule has 0 aromatic heterocycles. The van der Waals surface area contributed by atoms with E-state index in [-0.39, 0.29) is 31.1 Å². The van der Waals surface area contributed by atoms with Gasteiger partial charge in [0.1, 0.15) is 13.2 Å². The topological polar surface area (TPSA) is 78.9 Å². The van der Waals surface area contributed by atoms with Crippen LogP contribution < -0.4 is 0 Å². The van der Waals surface area contributed by atoms with E-state index in [9.17, 15) is 14.4 Å². The summed E-state index contributed by atoms with van der Waals surface area (Å²) in [4.78, 5) is 38.1. The Kier molecular flexibility index (Phi) is 59.7. The molecule has 0 aliphatic carbocycles. The predicted octanol–water partition coefficient (Wildman–Crippen LogP) is 21.8. The van der Waals surface area contributed by atoms with Gasteiger partial charge in [-0.2, -0.15) is 0 Å². The van der Waals surface area contributed by atoms with Crippen LogP contribution in [0.25, 0.3) is 0 Å². The maximum atomic E-state index is 12.8. The number of hydrogen-bond acceptors (Lipinski definition) is 6. The Hall–Kier alpha value is -2.63. The van der Waals surface area contributed by atoms with E-state index in [0.29, 0.717) is 19.3 Å². The van der Waals surface area contributed by atoms with Gasteiger partial charge >= 0.3 is 17.9 Å². The maximum absolute atomic E-state index is 12.8. The van der Waals surface area contributed by atoms with Crippen LogP contribution in [-0.2, 0) is 28.6 Å². The van der Waals surface area contributed by atoms with Crippen LogP contribution in [0.2, 0.25) is 0 Å². The second kappa shape index (κ2) is 61.9. The number of carbonyl (C=O) groups excluding carboxylic acids is 3. The minimum atomic E-state index is -0.766. The lowest BCUT2D eigenvalue weighted by Crippen LogP contribution is -2.30. The number of esters is 3. The molecule has 0 fully saturated rings. The lowest BCUT2D eigenvalue weighted by Gasteiger charge is -2.18. The van der Waals surface area contributed by atoms with Crippen LogP contribution in [0.15, 0.2) is 48.6 Å². The van der Waals surface area contributed by atoms with Crippen LogP contribution in [-0.4, -0.2) is 37.2 Å². The summed E-state index contributed by atoms with van der Waals surface area (Å²) in [7, 11) is 0. The van der Waals surface area contributed by atoms with Gasteiger partial charge in [-0.05, 0) is 57.8 Å². The van der Waals surface area contributed by atoms with Gasteiger partial charge in [-0.15, -0.1) is 0 Å². The van der Waals surface area contributed by atoms with Crippen molar-refractivity contribution >= 4 is 17.9 Å². The molecule has 0 aromatic carbocycles. The number of rotatable bonds is 59. The highest BCUT2D eigenvalue weighted by atomic mass is 16.6. The Balaban J connectivity index is 4.04. The summed E-state index contributed by atoms with van der Waals surface area (Å²) in [6.45, 7) is 6.54. The molecular weight excluding hydrogens is 901 g/mol. The van der Waals surface area contributed by atoms with Crippen molar-refractivity contribution in [3.63, 3.8) is 0 Å². The zero-order valence-corrected chi connectivity index (χ0v) is 48.9. The molecule has 0 heterocycles. The molecular formula is C67H122O6. The second-order valence-corrected chi connectivity index (χ2v) is 21.7. The lowest BCUT2D eigenvalue weighted by molar-refractivity contribution is -0.167. The van der Waals surface area contributed by atoms with Gasteiger partial charge < -0.3 is 14.2 Å². The van der Waals surface area contributed by atoms with Crippen LogP contribution in [0.4, 0.5) is 0 Å². The molecule has 0 amide bonds. The molecule has 0 N–H and O–H groups in total. The third-order valence-corrected chi connectivity index (χ3v) is 14.3. The second-order valence-electron chi connectivity index (χ2n) is 21.7. The first-order valence-corrected chi connectivity index (χ1v) is 32.1. The van der Waals surface area contributed by atoms with E-state index in [2.05, 4.69) is 69.4 Å². The van der Waals surface area contributed by atoms with Gasteiger partial charge in [-0.25, -0.2) is 0 Å². The van der Waals surface area contributed by atoms with Crippen LogP contribution in [0.5, 0.6) is 0 Å². The Morgan fingerprint density at radius 3 is 0.836 bits per heavy atom. The smallest absolute Gasteiger partial charge is 0.306 e. The molecule has 6 nitrogen and oxygen atoms in total. The van der Waals surface area contributed by atoms with Crippen LogP contribution in [0.1, 0.15) is 342 Å². The molecule has 0 aliphatic heterocycles. The van der Waals surface area contributed by atoms with Crippen molar-refractivity contribution in [3.8, 4) is 0 Å². The van der Waals surface area contributed by atoms with E-state index >= 15 is 0 Å². The van der Waals surface area contributed by atoms with E-state index in [1.54, 1.807) is 0 Å². The van der Waals surface area contributed by atoms with Gasteiger partial charge in [-0.1, -0.05) is 313 Å². The summed E-state index contributed by atoms with van der Waals surface area (Å²) < 4.78 is 16.9. The fourth-order valence-electron chi connectivity index (χ4n) is 9.56. The fraction of sp³-hybridized carbons (Fsp3) is 0.836. The molecule has 1 unspecified atom stereocenters. The monoisotopic (exact) mass is 1020 g/mol. The fourth-order valence-corrected chi connectivity index (χ4v) is 9.56. The molecule has 0 rings (SSSR count). The van der Waals surface area contributed by atoms with Gasteiger partial charge in [0.25, 0.3) is 0 Å². The third-order valence-electron chi connectivity index (χ3n) is 14.3. The Labute approximate surface area is 454 Å². The normalized spacial score (nSPS) is 12.3. The molecule has 0 saturated carbocycles. The highest BCUT2D eigenvalue weighted by molar-refractivity contribution is 5.71. The maximum Gasteiger partial charge on any atom is 0.306 e. The molecule has 0 spiro atoms. The summed E-state index contributed by atoms with van der Waals surface area (Å²) in [5, 5.41) is 0. The van der Waals surface area contributed by atoms with E-state index in [1.807, 2.05) is 0 Å². The molecule has 1 atom stereocenters. The van der Waals surface area contributed by atoms with E-state index in [1.165, 1.54) is 218 Å². The molecule has 73 heavy (non-hydrogen) atoms. The number of carbonyl (C=O) groups is 3. The van der Waals surface area contributed by atoms with Gasteiger partial charge in [-0.3, -0.25) is 14.4 Å². The summed E-state index contributed by atoms with van der Waals surface area (Å²) >= 11 is 0. The molecule has 426 valence electrons. The van der Waals surface area contributed by atoms with E-state index in [4.69, 9.17) is 14.2 Å². The van der Waals surface area contributed by atoms with Crippen LogP contribution in [0, 0.1) is 0 Å². The van der Waals surface area contributed by atoms with Crippen molar-refractivity contribution in [1.29, 1.82) is 0 Å². The van der Waals surface area contributed by atoms with Gasteiger partial charge in [0.2, 0.25) is 0 Å². The van der Waals surface area contributed by atoms with Crippen LogP contribution >= 0.6 is 0 Å². The van der Waals surface area contributed by atoms with Crippen LogP contribution in [0.3, 0.4) is 0 Å².